The molecule has 0 atom stereocenters. The third-order valence-corrected chi connectivity index (χ3v) is 1.93. The number of anilines is 1. The monoisotopic (exact) mass is 204 g/mol. The van der Waals surface area contributed by atoms with Crippen molar-refractivity contribution in [3.8, 4) is 11.8 Å². The van der Waals surface area contributed by atoms with Crippen molar-refractivity contribution < 1.29 is 9.53 Å². The molecule has 0 saturated heterocycles. The topological polar surface area (TPSA) is 76.1 Å². The molecule has 0 aromatic heterocycles. The van der Waals surface area contributed by atoms with E-state index in [2.05, 4.69) is 0 Å². The largest absolute Gasteiger partial charge is 0.490 e. The van der Waals surface area contributed by atoms with Gasteiger partial charge in [0.25, 0.3) is 0 Å². The van der Waals surface area contributed by atoms with E-state index in [0.717, 1.165) is 0 Å². The second-order valence-corrected chi connectivity index (χ2v) is 3.04. The van der Waals surface area contributed by atoms with Gasteiger partial charge < -0.3 is 10.5 Å². The summed E-state index contributed by atoms with van der Waals surface area (Å²) in [4.78, 5) is 11.1. The predicted molar refractivity (Wildman–Crippen MR) is 56.7 cm³/mol. The van der Waals surface area contributed by atoms with E-state index in [1.165, 1.54) is 19.1 Å². The number of Topliss-reactive ketones (excluding diaryl/α,β-unsaturated/α-hetero) is 1. The lowest BCUT2D eigenvalue weighted by atomic mass is 10.1. The maximum absolute atomic E-state index is 11.1. The van der Waals surface area contributed by atoms with E-state index in [1.54, 1.807) is 6.92 Å². The summed E-state index contributed by atoms with van der Waals surface area (Å²) in [5.74, 6) is 0.228. The standard InChI is InChI=1S/C11H12N2O2/c1-3-15-11-9(6-12)4-8(7(2)14)5-10(11)13/h4-5H,3,13H2,1-2H3. The molecule has 78 valence electrons. The second-order valence-electron chi connectivity index (χ2n) is 3.04. The van der Waals surface area contributed by atoms with Crippen molar-refractivity contribution in [2.45, 2.75) is 13.8 Å². The van der Waals surface area contributed by atoms with Gasteiger partial charge in [0.2, 0.25) is 0 Å². The lowest BCUT2D eigenvalue weighted by Crippen LogP contribution is -2.02. The number of nitriles is 1. The summed E-state index contributed by atoms with van der Waals surface area (Å²) in [5, 5.41) is 8.88. The number of hydrogen-bond donors (Lipinski definition) is 1. The van der Waals surface area contributed by atoms with Crippen molar-refractivity contribution in [2.24, 2.45) is 0 Å². The fraction of sp³-hybridized carbons (Fsp3) is 0.273. The van der Waals surface area contributed by atoms with Crippen LogP contribution in [0, 0.1) is 11.3 Å². The molecule has 0 saturated carbocycles. The fourth-order valence-electron chi connectivity index (χ4n) is 1.24. The zero-order valence-corrected chi connectivity index (χ0v) is 8.70. The van der Waals surface area contributed by atoms with Gasteiger partial charge in [-0.2, -0.15) is 5.26 Å². The second kappa shape index (κ2) is 4.47. The highest BCUT2D eigenvalue weighted by Gasteiger charge is 2.11. The lowest BCUT2D eigenvalue weighted by molar-refractivity contribution is 0.101. The Hall–Kier alpha value is -2.02. The number of nitrogens with two attached hydrogens (primary N) is 1. The predicted octanol–water partition coefficient (Wildman–Crippen LogP) is 1.74. The van der Waals surface area contributed by atoms with Crippen molar-refractivity contribution >= 4 is 11.5 Å². The van der Waals surface area contributed by atoms with Crippen LogP contribution in [0.25, 0.3) is 0 Å². The van der Waals surface area contributed by atoms with Gasteiger partial charge >= 0.3 is 0 Å². The minimum atomic E-state index is -0.124. The van der Waals surface area contributed by atoms with E-state index >= 15 is 0 Å². The zero-order valence-electron chi connectivity index (χ0n) is 8.70. The average molecular weight is 204 g/mol. The molecule has 0 fully saturated rings. The number of nitrogen functional groups attached to an aromatic ring is 1. The molecule has 1 aromatic rings. The average Bonchev–Trinajstić information content (AvgIpc) is 2.20. The summed E-state index contributed by atoms with van der Waals surface area (Å²) in [7, 11) is 0. The molecule has 0 radical (unpaired) electrons. The molecule has 0 unspecified atom stereocenters. The highest BCUT2D eigenvalue weighted by molar-refractivity contribution is 5.96. The summed E-state index contributed by atoms with van der Waals surface area (Å²) < 4.78 is 5.23. The lowest BCUT2D eigenvalue weighted by Gasteiger charge is -2.09. The van der Waals surface area contributed by atoms with Gasteiger partial charge in [0.1, 0.15) is 6.07 Å². The molecule has 1 rings (SSSR count). The van der Waals surface area contributed by atoms with Crippen LogP contribution in [0.5, 0.6) is 5.75 Å². The van der Waals surface area contributed by atoms with Crippen molar-refractivity contribution in [3.63, 3.8) is 0 Å². The Morgan fingerprint density at radius 1 is 1.60 bits per heavy atom. The van der Waals surface area contributed by atoms with E-state index in [1.807, 2.05) is 6.07 Å². The first-order valence-corrected chi connectivity index (χ1v) is 4.57. The van der Waals surface area contributed by atoms with E-state index in [4.69, 9.17) is 15.7 Å². The molecule has 0 spiro atoms. The Balaban J connectivity index is 3.32. The highest BCUT2D eigenvalue weighted by atomic mass is 16.5. The molecule has 1 aromatic carbocycles. The van der Waals surface area contributed by atoms with Gasteiger partial charge in [-0.25, -0.2) is 0 Å². The van der Waals surface area contributed by atoms with Crippen LogP contribution in [-0.2, 0) is 0 Å². The van der Waals surface area contributed by atoms with Gasteiger partial charge in [-0.1, -0.05) is 0 Å². The van der Waals surface area contributed by atoms with Crippen LogP contribution in [-0.4, -0.2) is 12.4 Å². The number of carbonyl (C=O) groups excluding carboxylic acids is 1. The third-order valence-electron chi connectivity index (χ3n) is 1.93. The molecular formula is C11H12N2O2. The maximum Gasteiger partial charge on any atom is 0.159 e. The molecule has 4 heteroatoms. The van der Waals surface area contributed by atoms with Crippen molar-refractivity contribution in [1.82, 2.24) is 0 Å². The van der Waals surface area contributed by atoms with Crippen LogP contribution in [0.1, 0.15) is 29.8 Å². The molecule has 4 nitrogen and oxygen atoms in total. The van der Waals surface area contributed by atoms with E-state index in [0.29, 0.717) is 29.2 Å². The molecular weight excluding hydrogens is 192 g/mol. The van der Waals surface area contributed by atoms with Crippen LogP contribution < -0.4 is 10.5 Å². The third kappa shape index (κ3) is 2.26. The van der Waals surface area contributed by atoms with Gasteiger partial charge in [-0.15, -0.1) is 0 Å². The molecule has 15 heavy (non-hydrogen) atoms. The first-order valence-electron chi connectivity index (χ1n) is 4.57. The number of nitrogens with zero attached hydrogens (tertiary/aromatic N) is 1. The number of ether oxygens (including phenoxy) is 1. The summed E-state index contributed by atoms with van der Waals surface area (Å²) in [5.41, 5.74) is 6.73. The first-order chi connectivity index (χ1) is 7.10. The van der Waals surface area contributed by atoms with Crippen LogP contribution in [0.2, 0.25) is 0 Å². The smallest absolute Gasteiger partial charge is 0.159 e. The fourth-order valence-corrected chi connectivity index (χ4v) is 1.24. The first kappa shape index (κ1) is 11.1. The number of carbonyl (C=O) groups is 1. The van der Waals surface area contributed by atoms with Gasteiger partial charge in [-0.3, -0.25) is 4.79 Å². The van der Waals surface area contributed by atoms with Gasteiger partial charge in [0.15, 0.2) is 11.5 Å². The number of benzene rings is 1. The Labute approximate surface area is 88.3 Å². The Morgan fingerprint density at radius 2 is 2.27 bits per heavy atom. The zero-order chi connectivity index (χ0) is 11.4. The van der Waals surface area contributed by atoms with Gasteiger partial charge in [0.05, 0.1) is 17.9 Å². The SMILES string of the molecule is CCOc1c(N)cc(C(C)=O)cc1C#N. The Kier molecular flexibility index (Phi) is 3.29. The van der Waals surface area contributed by atoms with Crippen molar-refractivity contribution in [1.29, 1.82) is 5.26 Å². The molecule has 0 heterocycles. The van der Waals surface area contributed by atoms with E-state index < -0.39 is 0 Å². The van der Waals surface area contributed by atoms with Crippen LogP contribution in [0.3, 0.4) is 0 Å². The summed E-state index contributed by atoms with van der Waals surface area (Å²) in [6, 6.07) is 4.97. The van der Waals surface area contributed by atoms with Crippen LogP contribution >= 0.6 is 0 Å². The number of hydrogen-bond acceptors (Lipinski definition) is 4. The van der Waals surface area contributed by atoms with Gasteiger partial charge in [0, 0.05) is 5.56 Å². The molecule has 0 aliphatic heterocycles. The molecule has 0 amide bonds. The number of rotatable bonds is 3. The van der Waals surface area contributed by atoms with Crippen LogP contribution in [0.4, 0.5) is 5.69 Å². The summed E-state index contributed by atoms with van der Waals surface area (Å²) in [6.45, 7) is 3.66. The number of ketones is 1. The minimum absolute atomic E-state index is 0.124. The van der Waals surface area contributed by atoms with Crippen molar-refractivity contribution in [3.05, 3.63) is 23.3 Å². The summed E-state index contributed by atoms with van der Waals surface area (Å²) in [6.07, 6.45) is 0. The molecule has 2 N–H and O–H groups in total. The summed E-state index contributed by atoms with van der Waals surface area (Å²) >= 11 is 0. The van der Waals surface area contributed by atoms with Crippen LogP contribution in [0.15, 0.2) is 12.1 Å². The maximum atomic E-state index is 11.1. The van der Waals surface area contributed by atoms with Gasteiger partial charge in [-0.05, 0) is 26.0 Å². The van der Waals surface area contributed by atoms with E-state index in [9.17, 15) is 4.79 Å². The molecule has 0 aliphatic carbocycles. The minimum Gasteiger partial charge on any atom is -0.490 e. The Bertz CT molecular complexity index is 433. The molecule has 0 aliphatic rings. The van der Waals surface area contributed by atoms with Crippen molar-refractivity contribution in [2.75, 3.05) is 12.3 Å². The Morgan fingerprint density at radius 3 is 2.73 bits per heavy atom. The quantitative estimate of drug-likeness (QED) is 0.601. The highest BCUT2D eigenvalue weighted by Crippen LogP contribution is 2.28. The normalized spacial score (nSPS) is 9.40. The molecule has 0 bridgehead atoms. The van der Waals surface area contributed by atoms with E-state index in [-0.39, 0.29) is 5.78 Å².